The molecule has 0 aromatic carbocycles. The minimum atomic E-state index is -3.35. The Morgan fingerprint density at radius 3 is 2.50 bits per heavy atom. The Bertz CT molecular complexity index is 295. The highest BCUT2D eigenvalue weighted by Crippen LogP contribution is 2.08. The molecule has 5 nitrogen and oxygen atoms in total. The number of hydrogen-bond acceptors (Lipinski definition) is 3. The molecule has 7 heteroatoms. The van der Waals surface area contributed by atoms with E-state index in [9.17, 15) is 8.42 Å². The zero-order valence-corrected chi connectivity index (χ0v) is 11.6. The third-order valence-corrected chi connectivity index (χ3v) is 3.85. The molecule has 98 valence electrons. The SMILES string of the molecule is CC(C)NS(=O)(=O)NC1CCCNC1C.Cl. The van der Waals surface area contributed by atoms with Gasteiger partial charge in [-0.25, -0.2) is 0 Å². The third-order valence-electron chi connectivity index (χ3n) is 2.46. The number of hydrogen-bond donors (Lipinski definition) is 3. The fourth-order valence-corrected chi connectivity index (χ4v) is 3.16. The molecule has 1 heterocycles. The number of nitrogens with one attached hydrogen (secondary N) is 3. The lowest BCUT2D eigenvalue weighted by molar-refractivity contribution is 0.347. The molecule has 0 bridgehead atoms. The van der Waals surface area contributed by atoms with Crippen LogP contribution in [0.2, 0.25) is 0 Å². The monoisotopic (exact) mass is 271 g/mol. The van der Waals surface area contributed by atoms with Gasteiger partial charge in [0, 0.05) is 18.1 Å². The maximum Gasteiger partial charge on any atom is 0.277 e. The zero-order valence-electron chi connectivity index (χ0n) is 9.99. The quantitative estimate of drug-likeness (QED) is 0.692. The van der Waals surface area contributed by atoms with Gasteiger partial charge in [-0.1, -0.05) is 0 Å². The highest BCUT2D eigenvalue weighted by Gasteiger charge is 2.25. The minimum absolute atomic E-state index is 0. The summed E-state index contributed by atoms with van der Waals surface area (Å²) in [7, 11) is -3.35. The molecule has 1 aliphatic rings. The van der Waals surface area contributed by atoms with Gasteiger partial charge in [0.1, 0.15) is 0 Å². The fraction of sp³-hybridized carbons (Fsp3) is 1.00. The van der Waals surface area contributed by atoms with Gasteiger partial charge in [0.25, 0.3) is 10.2 Å². The molecule has 1 rings (SSSR count). The van der Waals surface area contributed by atoms with Gasteiger partial charge in [0.05, 0.1) is 0 Å². The molecule has 1 aliphatic heterocycles. The van der Waals surface area contributed by atoms with Crippen LogP contribution in [-0.2, 0) is 10.2 Å². The maximum atomic E-state index is 11.6. The minimum Gasteiger partial charge on any atom is -0.313 e. The molecule has 2 atom stereocenters. The van der Waals surface area contributed by atoms with Gasteiger partial charge in [-0.05, 0) is 40.2 Å². The molecule has 0 amide bonds. The molecule has 0 radical (unpaired) electrons. The van der Waals surface area contributed by atoms with E-state index in [1.54, 1.807) is 0 Å². The highest BCUT2D eigenvalue weighted by atomic mass is 35.5. The van der Waals surface area contributed by atoms with Gasteiger partial charge < -0.3 is 5.32 Å². The summed E-state index contributed by atoms with van der Waals surface area (Å²) >= 11 is 0. The van der Waals surface area contributed by atoms with E-state index in [0.717, 1.165) is 19.4 Å². The van der Waals surface area contributed by atoms with Crippen LogP contribution in [0.5, 0.6) is 0 Å². The van der Waals surface area contributed by atoms with Crippen molar-refractivity contribution in [3.05, 3.63) is 0 Å². The largest absolute Gasteiger partial charge is 0.313 e. The van der Waals surface area contributed by atoms with Crippen LogP contribution in [0.4, 0.5) is 0 Å². The van der Waals surface area contributed by atoms with Gasteiger partial charge in [-0.15, -0.1) is 12.4 Å². The Morgan fingerprint density at radius 2 is 2.00 bits per heavy atom. The summed E-state index contributed by atoms with van der Waals surface area (Å²) < 4.78 is 28.4. The van der Waals surface area contributed by atoms with Gasteiger partial charge in [-0.2, -0.15) is 17.9 Å². The molecular weight excluding hydrogens is 250 g/mol. The standard InChI is InChI=1S/C9H21N3O2S.ClH/c1-7(2)11-15(13,14)12-9-5-4-6-10-8(9)3;/h7-12H,4-6H2,1-3H3;1H. The average Bonchev–Trinajstić information content (AvgIpc) is 2.06. The first-order chi connectivity index (χ1) is 6.91. The van der Waals surface area contributed by atoms with Crippen molar-refractivity contribution in [3.63, 3.8) is 0 Å². The van der Waals surface area contributed by atoms with Crippen molar-refractivity contribution < 1.29 is 8.42 Å². The van der Waals surface area contributed by atoms with Crippen LogP contribution in [0.25, 0.3) is 0 Å². The van der Waals surface area contributed by atoms with Crippen LogP contribution in [0.1, 0.15) is 33.6 Å². The van der Waals surface area contributed by atoms with Gasteiger partial charge in [0.2, 0.25) is 0 Å². The second-order valence-corrected chi connectivity index (χ2v) is 5.86. The molecule has 0 aliphatic carbocycles. The van der Waals surface area contributed by atoms with E-state index in [-0.39, 0.29) is 30.5 Å². The molecule has 0 aromatic rings. The zero-order chi connectivity index (χ0) is 11.5. The van der Waals surface area contributed by atoms with Crippen LogP contribution in [0.15, 0.2) is 0 Å². The van der Waals surface area contributed by atoms with Gasteiger partial charge >= 0.3 is 0 Å². The molecular formula is C9H22ClN3O2S. The van der Waals surface area contributed by atoms with Crippen LogP contribution >= 0.6 is 12.4 Å². The Labute approximate surface area is 104 Å². The Hall–Kier alpha value is 0.120. The first-order valence-electron chi connectivity index (χ1n) is 5.43. The van der Waals surface area contributed by atoms with E-state index >= 15 is 0 Å². The number of piperidine rings is 1. The lowest BCUT2D eigenvalue weighted by Gasteiger charge is -2.30. The lowest BCUT2D eigenvalue weighted by atomic mass is 10.0. The van der Waals surface area contributed by atoms with Crippen molar-refractivity contribution >= 4 is 22.6 Å². The molecule has 0 saturated carbocycles. The van der Waals surface area contributed by atoms with E-state index in [1.807, 2.05) is 20.8 Å². The summed E-state index contributed by atoms with van der Waals surface area (Å²) in [4.78, 5) is 0. The molecule has 0 spiro atoms. The molecule has 2 unspecified atom stereocenters. The third kappa shape index (κ3) is 5.45. The van der Waals surface area contributed by atoms with E-state index in [0.29, 0.717) is 0 Å². The highest BCUT2D eigenvalue weighted by molar-refractivity contribution is 7.87. The normalized spacial score (nSPS) is 26.5. The summed E-state index contributed by atoms with van der Waals surface area (Å²) in [5.74, 6) is 0. The van der Waals surface area contributed by atoms with Gasteiger partial charge in [-0.3, -0.25) is 0 Å². The molecule has 3 N–H and O–H groups in total. The van der Waals surface area contributed by atoms with Crippen LogP contribution in [0.3, 0.4) is 0 Å². The van der Waals surface area contributed by atoms with Crippen molar-refractivity contribution in [2.45, 2.75) is 51.7 Å². The summed E-state index contributed by atoms with van der Waals surface area (Å²) in [5, 5.41) is 3.25. The summed E-state index contributed by atoms with van der Waals surface area (Å²) in [6.45, 7) is 6.59. The Kier molecular flexibility index (Phi) is 6.81. The van der Waals surface area contributed by atoms with Crippen LogP contribution < -0.4 is 14.8 Å². The second-order valence-electron chi connectivity index (χ2n) is 4.39. The summed E-state index contributed by atoms with van der Waals surface area (Å²) in [5.41, 5.74) is 0. The van der Waals surface area contributed by atoms with Crippen molar-refractivity contribution in [1.29, 1.82) is 0 Å². The number of rotatable bonds is 4. The predicted octanol–water partition coefficient (Wildman–Crippen LogP) is 0.381. The Morgan fingerprint density at radius 1 is 1.38 bits per heavy atom. The smallest absolute Gasteiger partial charge is 0.277 e. The molecule has 16 heavy (non-hydrogen) atoms. The number of halogens is 1. The topological polar surface area (TPSA) is 70.2 Å². The lowest BCUT2D eigenvalue weighted by Crippen LogP contribution is -2.55. The first kappa shape index (κ1) is 16.1. The van der Waals surface area contributed by atoms with E-state index in [1.165, 1.54) is 0 Å². The summed E-state index contributed by atoms with van der Waals surface area (Å²) in [6, 6.07) is 0.117. The maximum absolute atomic E-state index is 11.6. The predicted molar refractivity (Wildman–Crippen MR) is 68.1 cm³/mol. The van der Waals surface area contributed by atoms with Crippen LogP contribution in [-0.4, -0.2) is 33.1 Å². The molecule has 0 aromatic heterocycles. The molecule has 1 fully saturated rings. The van der Waals surface area contributed by atoms with Gasteiger partial charge in [0.15, 0.2) is 0 Å². The fourth-order valence-electron chi connectivity index (χ4n) is 1.75. The summed E-state index contributed by atoms with van der Waals surface area (Å²) in [6.07, 6.45) is 1.91. The van der Waals surface area contributed by atoms with Crippen molar-refractivity contribution in [3.8, 4) is 0 Å². The second kappa shape index (κ2) is 6.76. The van der Waals surface area contributed by atoms with E-state index in [4.69, 9.17) is 0 Å². The molecule has 1 saturated heterocycles. The average molecular weight is 272 g/mol. The first-order valence-corrected chi connectivity index (χ1v) is 6.92. The van der Waals surface area contributed by atoms with Crippen molar-refractivity contribution in [2.24, 2.45) is 0 Å². The van der Waals surface area contributed by atoms with E-state index in [2.05, 4.69) is 14.8 Å². The van der Waals surface area contributed by atoms with E-state index < -0.39 is 10.2 Å². The van der Waals surface area contributed by atoms with Crippen LogP contribution in [0, 0.1) is 0 Å². The Balaban J connectivity index is 0.00000225. The van der Waals surface area contributed by atoms with Crippen molar-refractivity contribution in [2.75, 3.05) is 6.54 Å². The van der Waals surface area contributed by atoms with Crippen molar-refractivity contribution in [1.82, 2.24) is 14.8 Å².